The third kappa shape index (κ3) is 1.66. The molecule has 0 aliphatic carbocycles. The van der Waals surface area contributed by atoms with Gasteiger partial charge in [0, 0.05) is 13.1 Å². The zero-order chi connectivity index (χ0) is 9.24. The van der Waals surface area contributed by atoms with Crippen molar-refractivity contribution in [2.45, 2.75) is 47.0 Å². The van der Waals surface area contributed by atoms with Crippen molar-refractivity contribution in [2.75, 3.05) is 13.1 Å². The first-order valence-corrected chi connectivity index (χ1v) is 5.22. The van der Waals surface area contributed by atoms with Crippen molar-refractivity contribution >= 4 is 0 Å². The highest BCUT2D eigenvalue weighted by atomic mass is 15.0. The quantitative estimate of drug-likeness (QED) is 0.685. The minimum atomic E-state index is 0.488. The molecule has 0 spiro atoms. The van der Waals surface area contributed by atoms with Crippen LogP contribution >= 0.6 is 0 Å². The van der Waals surface area contributed by atoms with Crippen molar-refractivity contribution in [1.29, 1.82) is 0 Å². The number of nitrogens with one attached hydrogen (secondary N) is 1. The minimum absolute atomic E-state index is 0.488. The highest BCUT2D eigenvalue weighted by Crippen LogP contribution is 2.45. The van der Waals surface area contributed by atoms with Crippen LogP contribution < -0.4 is 5.32 Å². The molecule has 0 amide bonds. The van der Waals surface area contributed by atoms with E-state index < -0.39 is 0 Å². The Morgan fingerprint density at radius 3 is 2.25 bits per heavy atom. The van der Waals surface area contributed by atoms with Crippen LogP contribution in [-0.4, -0.2) is 13.1 Å². The molecule has 0 aromatic heterocycles. The van der Waals surface area contributed by atoms with Gasteiger partial charge in [-0.2, -0.15) is 0 Å². The molecule has 12 heavy (non-hydrogen) atoms. The number of hydrogen-bond acceptors (Lipinski definition) is 1. The monoisotopic (exact) mass is 169 g/mol. The molecular formula is C11H23N. The highest BCUT2D eigenvalue weighted by Gasteiger charge is 2.44. The fraction of sp³-hybridized carbons (Fsp3) is 1.00. The molecular weight excluding hydrogens is 146 g/mol. The molecule has 1 fully saturated rings. The molecule has 1 N–H and O–H groups in total. The highest BCUT2D eigenvalue weighted by molar-refractivity contribution is 4.97. The third-order valence-electron chi connectivity index (χ3n) is 3.80. The number of rotatable bonds is 3. The average molecular weight is 169 g/mol. The van der Waals surface area contributed by atoms with Crippen molar-refractivity contribution in [3.8, 4) is 0 Å². The maximum Gasteiger partial charge on any atom is 0.00110 e. The topological polar surface area (TPSA) is 12.0 Å². The van der Waals surface area contributed by atoms with Gasteiger partial charge in [-0.3, -0.25) is 0 Å². The van der Waals surface area contributed by atoms with Crippen LogP contribution in [0.15, 0.2) is 0 Å². The Kier molecular flexibility index (Phi) is 2.82. The Morgan fingerprint density at radius 2 is 1.83 bits per heavy atom. The Morgan fingerprint density at radius 1 is 1.17 bits per heavy atom. The average Bonchev–Trinajstić information content (AvgIpc) is 2.24. The Hall–Kier alpha value is -0.0400. The van der Waals surface area contributed by atoms with Crippen LogP contribution in [-0.2, 0) is 0 Å². The molecule has 1 atom stereocenters. The molecule has 1 saturated heterocycles. The van der Waals surface area contributed by atoms with Gasteiger partial charge in [0.15, 0.2) is 0 Å². The van der Waals surface area contributed by atoms with Crippen LogP contribution in [0.4, 0.5) is 0 Å². The summed E-state index contributed by atoms with van der Waals surface area (Å²) in [6, 6.07) is 0. The maximum atomic E-state index is 3.51. The second-order valence-corrected chi connectivity index (χ2v) is 5.15. The van der Waals surface area contributed by atoms with Crippen LogP contribution in [0.2, 0.25) is 0 Å². The largest absolute Gasteiger partial charge is 0.316 e. The van der Waals surface area contributed by atoms with Crippen LogP contribution in [0.25, 0.3) is 0 Å². The Balaban J connectivity index is 2.56. The van der Waals surface area contributed by atoms with Gasteiger partial charge in [0.25, 0.3) is 0 Å². The van der Waals surface area contributed by atoms with Crippen molar-refractivity contribution in [1.82, 2.24) is 5.32 Å². The second-order valence-electron chi connectivity index (χ2n) is 5.15. The van der Waals surface area contributed by atoms with Gasteiger partial charge in [0.05, 0.1) is 0 Å². The lowest BCUT2D eigenvalue weighted by atomic mass is 9.67. The van der Waals surface area contributed by atoms with E-state index in [1.165, 1.54) is 32.4 Å². The number of unbranched alkanes of at least 4 members (excludes halogenated alkanes) is 1. The van der Waals surface area contributed by atoms with Gasteiger partial charge < -0.3 is 5.32 Å². The van der Waals surface area contributed by atoms with Crippen LogP contribution in [0.3, 0.4) is 0 Å². The molecule has 1 heteroatoms. The predicted molar refractivity (Wildman–Crippen MR) is 54.3 cm³/mol. The summed E-state index contributed by atoms with van der Waals surface area (Å²) < 4.78 is 0. The molecule has 0 bridgehead atoms. The van der Waals surface area contributed by atoms with Gasteiger partial charge >= 0.3 is 0 Å². The van der Waals surface area contributed by atoms with Gasteiger partial charge in [0.2, 0.25) is 0 Å². The lowest BCUT2D eigenvalue weighted by molar-refractivity contribution is 0.141. The smallest absolute Gasteiger partial charge is 0.00110 e. The van der Waals surface area contributed by atoms with E-state index in [1.807, 2.05) is 0 Å². The molecule has 0 aromatic carbocycles. The third-order valence-corrected chi connectivity index (χ3v) is 3.80. The van der Waals surface area contributed by atoms with E-state index >= 15 is 0 Å². The summed E-state index contributed by atoms with van der Waals surface area (Å²) >= 11 is 0. The van der Waals surface area contributed by atoms with E-state index in [2.05, 4.69) is 33.0 Å². The van der Waals surface area contributed by atoms with E-state index in [4.69, 9.17) is 0 Å². The summed E-state index contributed by atoms with van der Waals surface area (Å²) in [4.78, 5) is 0. The Labute approximate surface area is 76.9 Å². The van der Waals surface area contributed by atoms with E-state index in [9.17, 15) is 0 Å². The molecule has 1 unspecified atom stereocenters. The van der Waals surface area contributed by atoms with Crippen LogP contribution in [0.1, 0.15) is 47.0 Å². The molecule has 1 rings (SSSR count). The zero-order valence-electron chi connectivity index (χ0n) is 9.04. The fourth-order valence-corrected chi connectivity index (χ4v) is 2.10. The van der Waals surface area contributed by atoms with Crippen LogP contribution in [0, 0.1) is 10.8 Å². The summed E-state index contributed by atoms with van der Waals surface area (Å²) in [6.07, 6.45) is 4.08. The first-order valence-electron chi connectivity index (χ1n) is 5.22. The fourth-order valence-electron chi connectivity index (χ4n) is 2.10. The minimum Gasteiger partial charge on any atom is -0.316 e. The molecule has 1 heterocycles. The van der Waals surface area contributed by atoms with Crippen molar-refractivity contribution in [3.05, 3.63) is 0 Å². The molecule has 1 aliphatic heterocycles. The first kappa shape index (κ1) is 10.0. The summed E-state index contributed by atoms with van der Waals surface area (Å²) in [7, 11) is 0. The maximum absolute atomic E-state index is 3.51. The molecule has 1 nitrogen and oxygen atoms in total. The van der Waals surface area contributed by atoms with E-state index in [1.54, 1.807) is 0 Å². The van der Waals surface area contributed by atoms with Crippen molar-refractivity contribution in [2.24, 2.45) is 10.8 Å². The van der Waals surface area contributed by atoms with Gasteiger partial charge in [-0.05, 0) is 17.3 Å². The summed E-state index contributed by atoms with van der Waals surface area (Å²) in [5.74, 6) is 0. The molecule has 0 radical (unpaired) electrons. The van der Waals surface area contributed by atoms with Gasteiger partial charge in [-0.15, -0.1) is 0 Å². The molecule has 1 aliphatic rings. The normalized spacial score (nSPS) is 34.0. The predicted octanol–water partition coefficient (Wildman–Crippen LogP) is 2.81. The van der Waals surface area contributed by atoms with Crippen molar-refractivity contribution in [3.63, 3.8) is 0 Å². The van der Waals surface area contributed by atoms with Crippen LogP contribution in [0.5, 0.6) is 0 Å². The molecule has 72 valence electrons. The van der Waals surface area contributed by atoms with Crippen molar-refractivity contribution < 1.29 is 0 Å². The second kappa shape index (κ2) is 3.37. The van der Waals surface area contributed by atoms with Gasteiger partial charge in [-0.1, -0.05) is 40.5 Å². The molecule has 0 aromatic rings. The van der Waals surface area contributed by atoms with E-state index in [-0.39, 0.29) is 0 Å². The standard InChI is InChI=1S/C11H23N/c1-5-6-7-11(4)9-12-8-10(11,2)3/h12H,5-9H2,1-4H3. The molecule has 0 saturated carbocycles. The van der Waals surface area contributed by atoms with Gasteiger partial charge in [-0.25, -0.2) is 0 Å². The zero-order valence-corrected chi connectivity index (χ0v) is 9.04. The van der Waals surface area contributed by atoms with E-state index in [0.29, 0.717) is 10.8 Å². The lowest BCUT2D eigenvalue weighted by Gasteiger charge is -2.37. The first-order chi connectivity index (χ1) is 5.52. The lowest BCUT2D eigenvalue weighted by Crippen LogP contribution is -2.33. The van der Waals surface area contributed by atoms with Gasteiger partial charge in [0.1, 0.15) is 0 Å². The SMILES string of the molecule is CCCCC1(C)CNCC1(C)C. The summed E-state index contributed by atoms with van der Waals surface area (Å²) in [5, 5.41) is 3.51. The summed E-state index contributed by atoms with van der Waals surface area (Å²) in [5.41, 5.74) is 1.02. The Bertz CT molecular complexity index is 151. The number of hydrogen-bond donors (Lipinski definition) is 1. The summed E-state index contributed by atoms with van der Waals surface area (Å²) in [6.45, 7) is 11.9. The van der Waals surface area contributed by atoms with E-state index in [0.717, 1.165) is 0 Å².